The Labute approximate surface area is 132 Å². The molecule has 0 aliphatic carbocycles. The van der Waals surface area contributed by atoms with E-state index in [1.807, 2.05) is 18.2 Å². The summed E-state index contributed by atoms with van der Waals surface area (Å²) in [6, 6.07) is 12.8. The van der Waals surface area contributed by atoms with Crippen molar-refractivity contribution in [1.29, 1.82) is 5.26 Å². The van der Waals surface area contributed by atoms with Crippen LogP contribution in [0.5, 0.6) is 17.2 Å². The minimum Gasteiger partial charge on any atom is -0.497 e. The number of hydrogen-bond acceptors (Lipinski definition) is 4. The summed E-state index contributed by atoms with van der Waals surface area (Å²) in [5.41, 5.74) is 1.45. The number of benzene rings is 2. The first-order valence-corrected chi connectivity index (χ1v) is 7.00. The van der Waals surface area contributed by atoms with Crippen LogP contribution in [0.4, 0.5) is 0 Å². The van der Waals surface area contributed by atoms with Crippen molar-refractivity contribution in [1.82, 2.24) is 0 Å². The summed E-state index contributed by atoms with van der Waals surface area (Å²) in [5.74, 6) is 1.94. The second-order valence-electron chi connectivity index (χ2n) is 4.26. The molecule has 2 aromatic rings. The van der Waals surface area contributed by atoms with Gasteiger partial charge in [0.05, 0.1) is 25.9 Å². The molecule has 0 bridgehead atoms. The zero-order valence-electron chi connectivity index (χ0n) is 11.7. The highest BCUT2D eigenvalue weighted by Gasteiger charge is 2.06. The Hall–Kier alpha value is -2.19. The van der Waals surface area contributed by atoms with E-state index in [2.05, 4.69) is 22.0 Å². The molecule has 108 valence electrons. The van der Waals surface area contributed by atoms with Gasteiger partial charge in [-0.05, 0) is 30.3 Å². The highest BCUT2D eigenvalue weighted by Crippen LogP contribution is 2.26. The van der Waals surface area contributed by atoms with Gasteiger partial charge in [-0.3, -0.25) is 0 Å². The van der Waals surface area contributed by atoms with E-state index in [1.165, 1.54) is 0 Å². The Morgan fingerprint density at radius 2 is 1.71 bits per heavy atom. The molecule has 2 rings (SSSR count). The molecule has 5 heteroatoms. The van der Waals surface area contributed by atoms with Gasteiger partial charge in [-0.15, -0.1) is 0 Å². The highest BCUT2D eigenvalue weighted by atomic mass is 79.9. The van der Waals surface area contributed by atoms with Crippen molar-refractivity contribution in [3.05, 3.63) is 52.0 Å². The van der Waals surface area contributed by atoms with E-state index >= 15 is 0 Å². The van der Waals surface area contributed by atoms with Crippen LogP contribution in [0.15, 0.2) is 40.9 Å². The first-order chi connectivity index (χ1) is 10.2. The molecule has 0 aliphatic heterocycles. The van der Waals surface area contributed by atoms with Crippen LogP contribution in [0.2, 0.25) is 0 Å². The topological polar surface area (TPSA) is 51.5 Å². The first kappa shape index (κ1) is 15.2. The fourth-order valence-corrected chi connectivity index (χ4v) is 2.15. The van der Waals surface area contributed by atoms with Crippen molar-refractivity contribution in [3.8, 4) is 23.3 Å². The molecule has 0 heterocycles. The number of ether oxygens (including phenoxy) is 3. The predicted octanol–water partition coefficient (Wildman–Crippen LogP) is 3.92. The lowest BCUT2D eigenvalue weighted by Crippen LogP contribution is -1.98. The molecular weight excluding hydrogens is 334 g/mol. The molecule has 0 saturated heterocycles. The van der Waals surface area contributed by atoms with E-state index < -0.39 is 0 Å². The molecule has 0 spiro atoms. The molecule has 0 radical (unpaired) electrons. The number of rotatable bonds is 5. The predicted molar refractivity (Wildman–Crippen MR) is 82.7 cm³/mol. The van der Waals surface area contributed by atoms with Gasteiger partial charge in [-0.2, -0.15) is 5.26 Å². The van der Waals surface area contributed by atoms with Gasteiger partial charge < -0.3 is 14.2 Å². The monoisotopic (exact) mass is 347 g/mol. The number of hydrogen-bond donors (Lipinski definition) is 0. The summed E-state index contributed by atoms with van der Waals surface area (Å²) in [4.78, 5) is 0. The Morgan fingerprint density at radius 3 is 2.38 bits per heavy atom. The molecular formula is C16H14BrNO3. The van der Waals surface area contributed by atoms with Gasteiger partial charge in [0.25, 0.3) is 0 Å². The van der Waals surface area contributed by atoms with Crippen LogP contribution in [0, 0.1) is 11.3 Å². The molecule has 0 aliphatic rings. The van der Waals surface area contributed by atoms with Crippen molar-refractivity contribution < 1.29 is 14.2 Å². The van der Waals surface area contributed by atoms with Gasteiger partial charge in [-0.1, -0.05) is 15.9 Å². The average Bonchev–Trinajstić information content (AvgIpc) is 2.53. The van der Waals surface area contributed by atoms with E-state index in [0.29, 0.717) is 23.7 Å². The van der Waals surface area contributed by atoms with Gasteiger partial charge in [0.15, 0.2) is 0 Å². The zero-order valence-corrected chi connectivity index (χ0v) is 13.3. The standard InChI is InChI=1S/C16H14BrNO3/c1-19-13-3-4-16(17)12(7-13)10-21-15-6-11(9-18)5-14(8-15)20-2/h3-8H,10H2,1-2H3. The summed E-state index contributed by atoms with van der Waals surface area (Å²) < 4.78 is 17.0. The maximum atomic E-state index is 8.99. The largest absolute Gasteiger partial charge is 0.497 e. The molecule has 21 heavy (non-hydrogen) atoms. The normalized spacial score (nSPS) is 9.81. The summed E-state index contributed by atoms with van der Waals surface area (Å²) in [6.45, 7) is 0.357. The highest BCUT2D eigenvalue weighted by molar-refractivity contribution is 9.10. The lowest BCUT2D eigenvalue weighted by Gasteiger charge is -2.11. The molecule has 0 saturated carbocycles. The molecule has 4 nitrogen and oxygen atoms in total. The van der Waals surface area contributed by atoms with Crippen molar-refractivity contribution in [2.24, 2.45) is 0 Å². The van der Waals surface area contributed by atoms with Crippen molar-refractivity contribution in [2.75, 3.05) is 14.2 Å². The van der Waals surface area contributed by atoms with Gasteiger partial charge in [0.2, 0.25) is 0 Å². The number of nitrogens with zero attached hydrogens (tertiary/aromatic N) is 1. The summed E-state index contributed by atoms with van der Waals surface area (Å²) >= 11 is 3.48. The Kier molecular flexibility index (Phi) is 5.07. The summed E-state index contributed by atoms with van der Waals surface area (Å²) in [5, 5.41) is 8.99. The maximum absolute atomic E-state index is 8.99. The molecule has 0 fully saturated rings. The quantitative estimate of drug-likeness (QED) is 0.822. The molecule has 0 atom stereocenters. The smallest absolute Gasteiger partial charge is 0.124 e. The Balaban J connectivity index is 2.18. The summed E-state index contributed by atoms with van der Waals surface area (Å²) in [6.07, 6.45) is 0. The van der Waals surface area contributed by atoms with E-state index in [0.717, 1.165) is 15.8 Å². The van der Waals surface area contributed by atoms with Gasteiger partial charge >= 0.3 is 0 Å². The SMILES string of the molecule is COc1cc(C#N)cc(OCc2cc(OC)ccc2Br)c1. The van der Waals surface area contributed by atoms with Crippen LogP contribution in [0.1, 0.15) is 11.1 Å². The van der Waals surface area contributed by atoms with E-state index in [-0.39, 0.29) is 0 Å². The molecule has 0 unspecified atom stereocenters. The third kappa shape index (κ3) is 3.89. The van der Waals surface area contributed by atoms with Crippen LogP contribution in [-0.2, 0) is 6.61 Å². The molecule has 0 N–H and O–H groups in total. The fourth-order valence-electron chi connectivity index (χ4n) is 1.79. The number of methoxy groups -OCH3 is 2. The lowest BCUT2D eigenvalue weighted by molar-refractivity contribution is 0.302. The summed E-state index contributed by atoms with van der Waals surface area (Å²) in [7, 11) is 3.17. The second-order valence-corrected chi connectivity index (χ2v) is 5.11. The van der Waals surface area contributed by atoms with E-state index in [1.54, 1.807) is 32.4 Å². The second kappa shape index (κ2) is 7.00. The third-order valence-electron chi connectivity index (χ3n) is 2.89. The zero-order chi connectivity index (χ0) is 15.2. The van der Waals surface area contributed by atoms with Crippen LogP contribution < -0.4 is 14.2 Å². The maximum Gasteiger partial charge on any atom is 0.124 e. The van der Waals surface area contributed by atoms with Gasteiger partial charge in [0.1, 0.15) is 23.9 Å². The van der Waals surface area contributed by atoms with Crippen LogP contribution in [0.25, 0.3) is 0 Å². The lowest BCUT2D eigenvalue weighted by atomic mass is 10.2. The minimum absolute atomic E-state index is 0.357. The Bertz CT molecular complexity index is 680. The Morgan fingerprint density at radius 1 is 1.00 bits per heavy atom. The van der Waals surface area contributed by atoms with Gasteiger partial charge in [0, 0.05) is 16.1 Å². The molecule has 2 aromatic carbocycles. The van der Waals surface area contributed by atoms with Gasteiger partial charge in [-0.25, -0.2) is 0 Å². The van der Waals surface area contributed by atoms with E-state index in [4.69, 9.17) is 19.5 Å². The third-order valence-corrected chi connectivity index (χ3v) is 3.67. The fraction of sp³-hybridized carbons (Fsp3) is 0.188. The number of halogens is 1. The molecule has 0 amide bonds. The average molecular weight is 348 g/mol. The molecule has 0 aromatic heterocycles. The van der Waals surface area contributed by atoms with Crippen LogP contribution >= 0.6 is 15.9 Å². The van der Waals surface area contributed by atoms with Crippen LogP contribution in [0.3, 0.4) is 0 Å². The van der Waals surface area contributed by atoms with Crippen molar-refractivity contribution in [2.45, 2.75) is 6.61 Å². The first-order valence-electron chi connectivity index (χ1n) is 6.20. The van der Waals surface area contributed by atoms with Crippen molar-refractivity contribution >= 4 is 15.9 Å². The van der Waals surface area contributed by atoms with Crippen LogP contribution in [-0.4, -0.2) is 14.2 Å². The number of nitriles is 1. The minimum atomic E-state index is 0.357. The van der Waals surface area contributed by atoms with Crippen molar-refractivity contribution in [3.63, 3.8) is 0 Å². The van der Waals surface area contributed by atoms with E-state index in [9.17, 15) is 0 Å².